The van der Waals surface area contributed by atoms with E-state index in [9.17, 15) is 0 Å². The molecular formula is C15H25N3S. The molecule has 2 heterocycles. The highest BCUT2D eigenvalue weighted by Gasteiger charge is 2.40. The van der Waals surface area contributed by atoms with Crippen LogP contribution in [0.1, 0.15) is 25.3 Å². The van der Waals surface area contributed by atoms with Crippen LogP contribution in [0.3, 0.4) is 0 Å². The Morgan fingerprint density at radius 3 is 2.84 bits per heavy atom. The maximum atomic E-state index is 6.13. The van der Waals surface area contributed by atoms with E-state index in [1.165, 1.54) is 24.2 Å². The highest BCUT2D eigenvalue weighted by atomic mass is 32.2. The number of pyridine rings is 1. The fraction of sp³-hybridized carbons (Fsp3) is 0.667. The molecule has 1 aromatic heterocycles. The van der Waals surface area contributed by atoms with Crippen LogP contribution >= 0.6 is 11.8 Å². The molecule has 19 heavy (non-hydrogen) atoms. The van der Waals surface area contributed by atoms with Crippen LogP contribution in [-0.4, -0.2) is 46.6 Å². The molecule has 4 heteroatoms. The molecule has 1 aromatic rings. The van der Waals surface area contributed by atoms with Crippen molar-refractivity contribution in [1.82, 2.24) is 9.88 Å². The Morgan fingerprint density at radius 1 is 1.47 bits per heavy atom. The van der Waals surface area contributed by atoms with Crippen LogP contribution in [0, 0.1) is 0 Å². The lowest BCUT2D eigenvalue weighted by atomic mass is 9.87. The summed E-state index contributed by atoms with van der Waals surface area (Å²) < 4.78 is 0. The number of thioether (sulfide) groups is 1. The second kappa shape index (κ2) is 6.73. The first-order valence-corrected chi connectivity index (χ1v) is 8.16. The minimum absolute atomic E-state index is 0.177. The van der Waals surface area contributed by atoms with Gasteiger partial charge < -0.3 is 5.73 Å². The summed E-state index contributed by atoms with van der Waals surface area (Å²) in [6.45, 7) is 4.15. The van der Waals surface area contributed by atoms with E-state index in [1.807, 2.05) is 12.4 Å². The monoisotopic (exact) mass is 279 g/mol. The van der Waals surface area contributed by atoms with Crippen molar-refractivity contribution in [3.8, 4) is 0 Å². The minimum Gasteiger partial charge on any atom is -0.329 e. The molecule has 0 aromatic carbocycles. The SMILES string of the molecule is CC1SCCCC1(CN)N(C)CCc1ccncc1. The summed E-state index contributed by atoms with van der Waals surface area (Å²) in [5.41, 5.74) is 7.66. The predicted octanol–water partition coefficient (Wildman–Crippen LogP) is 2.17. The number of hydrogen-bond donors (Lipinski definition) is 1. The molecule has 0 saturated carbocycles. The largest absolute Gasteiger partial charge is 0.329 e. The van der Waals surface area contributed by atoms with Crippen LogP contribution in [0.15, 0.2) is 24.5 Å². The van der Waals surface area contributed by atoms with Crippen molar-refractivity contribution in [1.29, 1.82) is 0 Å². The van der Waals surface area contributed by atoms with Gasteiger partial charge >= 0.3 is 0 Å². The lowest BCUT2D eigenvalue weighted by molar-refractivity contribution is 0.113. The molecule has 0 radical (unpaired) electrons. The predicted molar refractivity (Wildman–Crippen MR) is 83.5 cm³/mol. The van der Waals surface area contributed by atoms with Gasteiger partial charge in [0.2, 0.25) is 0 Å². The average molecular weight is 279 g/mol. The molecule has 3 nitrogen and oxygen atoms in total. The third kappa shape index (κ3) is 3.30. The number of nitrogens with two attached hydrogens (primary N) is 1. The van der Waals surface area contributed by atoms with Crippen molar-refractivity contribution in [3.63, 3.8) is 0 Å². The summed E-state index contributed by atoms with van der Waals surface area (Å²) in [6, 6.07) is 4.20. The van der Waals surface area contributed by atoms with Gasteiger partial charge in [0.15, 0.2) is 0 Å². The quantitative estimate of drug-likeness (QED) is 0.897. The molecule has 2 atom stereocenters. The molecule has 0 spiro atoms. The van der Waals surface area contributed by atoms with Crippen molar-refractivity contribution in [3.05, 3.63) is 30.1 Å². The molecule has 0 aliphatic carbocycles. The van der Waals surface area contributed by atoms with Crippen molar-refractivity contribution in [2.75, 3.05) is 25.9 Å². The lowest BCUT2D eigenvalue weighted by Gasteiger charge is -2.48. The molecule has 1 aliphatic heterocycles. The summed E-state index contributed by atoms with van der Waals surface area (Å²) in [5, 5.41) is 0.619. The van der Waals surface area contributed by atoms with E-state index in [4.69, 9.17) is 5.73 Å². The van der Waals surface area contributed by atoms with Gasteiger partial charge in [-0.05, 0) is 49.8 Å². The minimum atomic E-state index is 0.177. The average Bonchev–Trinajstić information content (AvgIpc) is 2.46. The van der Waals surface area contributed by atoms with Gasteiger partial charge in [0.05, 0.1) is 0 Å². The standard InChI is InChI=1S/C15H25N3S/c1-13-15(12-16,7-3-11-19-13)18(2)10-6-14-4-8-17-9-5-14/h4-5,8-9,13H,3,6-7,10-12,16H2,1-2H3. The first-order valence-electron chi connectivity index (χ1n) is 7.11. The van der Waals surface area contributed by atoms with Crippen molar-refractivity contribution in [2.45, 2.75) is 37.0 Å². The Kier molecular flexibility index (Phi) is 5.25. The molecule has 2 unspecified atom stereocenters. The first kappa shape index (κ1) is 14.8. The van der Waals surface area contributed by atoms with Crippen molar-refractivity contribution >= 4 is 11.8 Å². The Morgan fingerprint density at radius 2 is 2.21 bits per heavy atom. The van der Waals surface area contributed by atoms with Gasteiger partial charge in [-0.15, -0.1) is 0 Å². The Balaban J connectivity index is 1.98. The van der Waals surface area contributed by atoms with Crippen molar-refractivity contribution < 1.29 is 0 Å². The van der Waals surface area contributed by atoms with Gasteiger partial charge in [-0.25, -0.2) is 0 Å². The molecule has 1 saturated heterocycles. The number of nitrogens with zero attached hydrogens (tertiary/aromatic N) is 2. The fourth-order valence-electron chi connectivity index (χ4n) is 2.99. The maximum Gasteiger partial charge on any atom is 0.0444 e. The van der Waals surface area contributed by atoms with Crippen LogP contribution in [0.2, 0.25) is 0 Å². The second-order valence-electron chi connectivity index (χ2n) is 5.45. The topological polar surface area (TPSA) is 42.1 Å². The molecule has 106 valence electrons. The van der Waals surface area contributed by atoms with E-state index in [0.29, 0.717) is 5.25 Å². The first-order chi connectivity index (χ1) is 9.19. The highest BCUT2D eigenvalue weighted by Crippen LogP contribution is 2.37. The molecule has 1 fully saturated rings. The van der Waals surface area contributed by atoms with Gasteiger partial charge in [-0.3, -0.25) is 9.88 Å². The van der Waals surface area contributed by atoms with Gasteiger partial charge in [0.25, 0.3) is 0 Å². The van der Waals surface area contributed by atoms with Crippen LogP contribution in [-0.2, 0) is 6.42 Å². The van der Waals surface area contributed by atoms with Crippen molar-refractivity contribution in [2.24, 2.45) is 5.73 Å². The van der Waals surface area contributed by atoms with E-state index >= 15 is 0 Å². The van der Waals surface area contributed by atoms with E-state index in [2.05, 4.69) is 47.7 Å². The fourth-order valence-corrected chi connectivity index (χ4v) is 4.36. The van der Waals surface area contributed by atoms with Gasteiger partial charge in [0.1, 0.15) is 0 Å². The summed E-state index contributed by atoms with van der Waals surface area (Å²) in [5.74, 6) is 1.28. The van der Waals surface area contributed by atoms with Crippen LogP contribution in [0.5, 0.6) is 0 Å². The smallest absolute Gasteiger partial charge is 0.0444 e. The van der Waals surface area contributed by atoms with Gasteiger partial charge in [-0.1, -0.05) is 6.92 Å². The third-order valence-corrected chi connectivity index (χ3v) is 5.94. The van der Waals surface area contributed by atoms with Crippen LogP contribution < -0.4 is 5.73 Å². The van der Waals surface area contributed by atoms with Gasteiger partial charge in [0, 0.05) is 36.3 Å². The summed E-state index contributed by atoms with van der Waals surface area (Å²) in [4.78, 5) is 6.56. The zero-order valence-electron chi connectivity index (χ0n) is 12.0. The highest BCUT2D eigenvalue weighted by molar-refractivity contribution is 8.00. The number of hydrogen-bond acceptors (Lipinski definition) is 4. The zero-order chi connectivity index (χ0) is 13.7. The molecular weight excluding hydrogens is 254 g/mol. The Hall–Kier alpha value is -0.580. The molecule has 2 rings (SSSR count). The summed E-state index contributed by atoms with van der Waals surface area (Å²) in [6.07, 6.45) is 7.31. The summed E-state index contributed by atoms with van der Waals surface area (Å²) >= 11 is 2.07. The third-order valence-electron chi connectivity index (χ3n) is 4.48. The second-order valence-corrected chi connectivity index (χ2v) is 6.90. The molecule has 0 bridgehead atoms. The zero-order valence-corrected chi connectivity index (χ0v) is 12.8. The molecule has 1 aliphatic rings. The van der Waals surface area contributed by atoms with E-state index < -0.39 is 0 Å². The normalized spacial score (nSPS) is 27.7. The maximum absolute atomic E-state index is 6.13. The number of aromatic nitrogens is 1. The Bertz CT molecular complexity index is 384. The summed E-state index contributed by atoms with van der Waals surface area (Å²) in [7, 11) is 2.23. The van der Waals surface area contributed by atoms with Gasteiger partial charge in [-0.2, -0.15) is 11.8 Å². The Labute approximate surface area is 121 Å². The van der Waals surface area contributed by atoms with Crippen LogP contribution in [0.4, 0.5) is 0 Å². The molecule has 2 N–H and O–H groups in total. The van der Waals surface area contributed by atoms with E-state index in [1.54, 1.807) is 0 Å². The molecule has 0 amide bonds. The number of rotatable bonds is 5. The lowest BCUT2D eigenvalue weighted by Crippen LogP contribution is -2.59. The number of likely N-dealkylation sites (N-methyl/N-ethyl adjacent to an activating group) is 1. The van der Waals surface area contributed by atoms with E-state index in [-0.39, 0.29) is 5.54 Å². The van der Waals surface area contributed by atoms with E-state index in [0.717, 1.165) is 19.5 Å². The van der Waals surface area contributed by atoms with Crippen LogP contribution in [0.25, 0.3) is 0 Å².